The molecular weight excluding hydrogens is 286 g/mol. The number of hydrogen-bond donors (Lipinski definition) is 0. The van der Waals surface area contributed by atoms with Gasteiger partial charge in [-0.3, -0.25) is 0 Å². The molecule has 1 aromatic heterocycles. The Labute approximate surface area is 133 Å². The van der Waals surface area contributed by atoms with Gasteiger partial charge in [-0.1, -0.05) is 54.1 Å². The first kappa shape index (κ1) is 13.5. The molecule has 2 aromatic carbocycles. The van der Waals surface area contributed by atoms with Gasteiger partial charge in [0.1, 0.15) is 17.4 Å². The number of fused-ring (bicyclic) bond motifs is 3. The molecule has 0 saturated carbocycles. The number of rotatable bonds is 1. The van der Waals surface area contributed by atoms with E-state index in [2.05, 4.69) is 0 Å². The Bertz CT molecular complexity index is 1020. The van der Waals surface area contributed by atoms with Gasteiger partial charge in [0.2, 0.25) is 0 Å². The molecule has 3 nitrogen and oxygen atoms in total. The topological polar surface area (TPSA) is 54.0 Å². The van der Waals surface area contributed by atoms with E-state index in [1.807, 2.05) is 61.5 Å². The summed E-state index contributed by atoms with van der Waals surface area (Å²) in [6, 6.07) is 17.8. The maximum Gasteiger partial charge on any atom is 0.354 e. The largest absolute Gasteiger partial charge is 0.421 e. The van der Waals surface area contributed by atoms with Gasteiger partial charge in [0.15, 0.2) is 0 Å². The summed E-state index contributed by atoms with van der Waals surface area (Å²) < 4.78 is 5.48. The molecule has 1 aliphatic rings. The monoisotopic (exact) mass is 299 g/mol. The van der Waals surface area contributed by atoms with Crippen LogP contribution in [-0.2, 0) is 6.42 Å². The Morgan fingerprint density at radius 2 is 1.83 bits per heavy atom. The number of benzene rings is 2. The predicted molar refractivity (Wildman–Crippen MR) is 88.1 cm³/mol. The molecule has 0 radical (unpaired) electrons. The highest BCUT2D eigenvalue weighted by Gasteiger charge is 2.28. The zero-order chi connectivity index (χ0) is 16.0. The number of hydrogen-bond acceptors (Lipinski definition) is 3. The van der Waals surface area contributed by atoms with Gasteiger partial charge in [0, 0.05) is 23.1 Å². The van der Waals surface area contributed by atoms with E-state index >= 15 is 0 Å². The third-order valence-corrected chi connectivity index (χ3v) is 4.31. The highest BCUT2D eigenvalue weighted by Crippen LogP contribution is 2.41. The molecule has 0 unspecified atom stereocenters. The summed E-state index contributed by atoms with van der Waals surface area (Å²) >= 11 is 0. The molecule has 0 amide bonds. The van der Waals surface area contributed by atoms with Crippen LogP contribution in [0.15, 0.2) is 57.7 Å². The van der Waals surface area contributed by atoms with Gasteiger partial charge in [-0.05, 0) is 18.1 Å². The number of nitrogens with zero attached hydrogens (tertiary/aromatic N) is 1. The van der Waals surface area contributed by atoms with E-state index in [1.165, 1.54) is 0 Å². The molecule has 0 fully saturated rings. The van der Waals surface area contributed by atoms with E-state index in [0.717, 1.165) is 27.8 Å². The van der Waals surface area contributed by atoms with Crippen LogP contribution < -0.4 is 5.63 Å². The molecule has 1 aliphatic carbocycles. The smallest absolute Gasteiger partial charge is 0.354 e. The standard InChI is InChI=1S/C20H13NO2/c1-12-6-8-13(9-7-12)18-16-10-14-4-2-3-5-15(14)19(16)23-20(22)17(18)11-21/h2-9H,10H2,1H3. The third-order valence-electron chi connectivity index (χ3n) is 4.31. The van der Waals surface area contributed by atoms with Crippen molar-refractivity contribution in [3.63, 3.8) is 0 Å². The molecule has 23 heavy (non-hydrogen) atoms. The maximum atomic E-state index is 12.3. The van der Waals surface area contributed by atoms with Crippen molar-refractivity contribution in [1.82, 2.24) is 0 Å². The minimum absolute atomic E-state index is 0.0837. The predicted octanol–water partition coefficient (Wildman–Crippen LogP) is 4.06. The first-order chi connectivity index (χ1) is 11.2. The molecule has 110 valence electrons. The Hall–Kier alpha value is -3.12. The van der Waals surface area contributed by atoms with E-state index in [1.54, 1.807) is 0 Å². The molecule has 3 heteroatoms. The summed E-state index contributed by atoms with van der Waals surface area (Å²) in [6.45, 7) is 2.01. The summed E-state index contributed by atoms with van der Waals surface area (Å²) in [7, 11) is 0. The first-order valence-electron chi connectivity index (χ1n) is 7.44. The normalized spacial score (nSPS) is 11.7. The lowest BCUT2D eigenvalue weighted by atomic mass is 9.95. The second-order valence-electron chi connectivity index (χ2n) is 5.76. The Morgan fingerprint density at radius 3 is 2.57 bits per heavy atom. The van der Waals surface area contributed by atoms with Crippen LogP contribution >= 0.6 is 0 Å². The van der Waals surface area contributed by atoms with Crippen LogP contribution in [-0.4, -0.2) is 0 Å². The number of nitriles is 1. The van der Waals surface area contributed by atoms with Crippen LogP contribution in [0.25, 0.3) is 22.5 Å². The molecule has 4 rings (SSSR count). The van der Waals surface area contributed by atoms with Crippen molar-refractivity contribution in [3.05, 3.63) is 81.2 Å². The minimum Gasteiger partial charge on any atom is -0.421 e. The lowest BCUT2D eigenvalue weighted by Gasteiger charge is -2.10. The van der Waals surface area contributed by atoms with E-state index in [4.69, 9.17) is 4.42 Å². The Balaban J connectivity index is 2.07. The Morgan fingerprint density at radius 1 is 1.09 bits per heavy atom. The first-order valence-corrected chi connectivity index (χ1v) is 7.44. The van der Waals surface area contributed by atoms with E-state index in [9.17, 15) is 10.1 Å². The van der Waals surface area contributed by atoms with E-state index < -0.39 is 5.63 Å². The van der Waals surface area contributed by atoms with Crippen LogP contribution in [0.5, 0.6) is 0 Å². The van der Waals surface area contributed by atoms with Crippen molar-refractivity contribution in [2.45, 2.75) is 13.3 Å². The molecule has 0 aliphatic heterocycles. The quantitative estimate of drug-likeness (QED) is 0.532. The molecule has 1 heterocycles. The minimum atomic E-state index is -0.571. The number of aryl methyl sites for hydroxylation is 1. The zero-order valence-corrected chi connectivity index (χ0v) is 12.6. The van der Waals surface area contributed by atoms with Crippen LogP contribution in [0, 0.1) is 18.3 Å². The lowest BCUT2D eigenvalue weighted by Crippen LogP contribution is -2.09. The molecule has 0 atom stereocenters. The SMILES string of the molecule is Cc1ccc(-c2c3c(oc(=O)c2C#N)-c2ccccc2C3)cc1. The summed E-state index contributed by atoms with van der Waals surface area (Å²) in [4.78, 5) is 12.3. The highest BCUT2D eigenvalue weighted by atomic mass is 16.4. The average Bonchev–Trinajstić information content (AvgIpc) is 2.93. The van der Waals surface area contributed by atoms with Gasteiger partial charge < -0.3 is 4.42 Å². The summed E-state index contributed by atoms with van der Waals surface area (Å²) in [5, 5.41) is 9.45. The van der Waals surface area contributed by atoms with Gasteiger partial charge in [-0.25, -0.2) is 4.79 Å². The van der Waals surface area contributed by atoms with Gasteiger partial charge in [-0.2, -0.15) is 5.26 Å². The molecule has 0 saturated heterocycles. The van der Waals surface area contributed by atoms with Crippen molar-refractivity contribution in [1.29, 1.82) is 5.26 Å². The fraction of sp³-hybridized carbons (Fsp3) is 0.100. The average molecular weight is 299 g/mol. The fourth-order valence-corrected chi connectivity index (χ4v) is 3.18. The molecule has 3 aromatic rings. The van der Waals surface area contributed by atoms with Crippen LogP contribution in [0.3, 0.4) is 0 Å². The van der Waals surface area contributed by atoms with E-state index in [0.29, 0.717) is 17.7 Å². The highest BCUT2D eigenvalue weighted by molar-refractivity contribution is 5.84. The summed E-state index contributed by atoms with van der Waals surface area (Å²) in [6.07, 6.45) is 0.674. The fourth-order valence-electron chi connectivity index (χ4n) is 3.18. The molecule has 0 spiro atoms. The lowest BCUT2D eigenvalue weighted by molar-refractivity contribution is 0.523. The van der Waals surface area contributed by atoms with Crippen molar-refractivity contribution in [2.24, 2.45) is 0 Å². The van der Waals surface area contributed by atoms with Crippen LogP contribution in [0.4, 0.5) is 0 Å². The van der Waals surface area contributed by atoms with Crippen LogP contribution in [0.1, 0.15) is 22.3 Å². The van der Waals surface area contributed by atoms with Crippen molar-refractivity contribution in [3.8, 4) is 28.5 Å². The second-order valence-corrected chi connectivity index (χ2v) is 5.76. The Kier molecular flexibility index (Phi) is 2.92. The van der Waals surface area contributed by atoms with Crippen LogP contribution in [0.2, 0.25) is 0 Å². The summed E-state index contributed by atoms with van der Waals surface area (Å²) in [5.74, 6) is 0.597. The van der Waals surface area contributed by atoms with Crippen molar-refractivity contribution in [2.75, 3.05) is 0 Å². The van der Waals surface area contributed by atoms with Gasteiger partial charge in [0.25, 0.3) is 0 Å². The van der Waals surface area contributed by atoms with Gasteiger partial charge >= 0.3 is 5.63 Å². The molecular formula is C20H13NO2. The molecule has 0 bridgehead atoms. The van der Waals surface area contributed by atoms with Gasteiger partial charge in [-0.15, -0.1) is 0 Å². The van der Waals surface area contributed by atoms with Crippen molar-refractivity contribution < 1.29 is 4.42 Å². The zero-order valence-electron chi connectivity index (χ0n) is 12.6. The van der Waals surface area contributed by atoms with Crippen molar-refractivity contribution >= 4 is 0 Å². The second kappa shape index (κ2) is 4.96. The third kappa shape index (κ3) is 2.00. The van der Waals surface area contributed by atoms with E-state index in [-0.39, 0.29) is 5.56 Å². The molecule has 0 N–H and O–H groups in total. The maximum absolute atomic E-state index is 12.3. The summed E-state index contributed by atoms with van der Waals surface area (Å²) in [5.41, 5.74) is 5.21. The van der Waals surface area contributed by atoms with Gasteiger partial charge in [0.05, 0.1) is 0 Å².